The van der Waals surface area contributed by atoms with Crippen molar-refractivity contribution in [1.29, 1.82) is 0 Å². The van der Waals surface area contributed by atoms with E-state index in [0.29, 0.717) is 16.6 Å². The monoisotopic (exact) mass is 337 g/mol. The molecule has 0 radical (unpaired) electrons. The molecule has 4 rings (SSSR count). The van der Waals surface area contributed by atoms with E-state index in [2.05, 4.69) is 24.3 Å². The van der Waals surface area contributed by atoms with Gasteiger partial charge in [-0.05, 0) is 34.9 Å². The molecule has 0 unspecified atom stereocenters. The molecule has 0 saturated heterocycles. The highest BCUT2D eigenvalue weighted by Crippen LogP contribution is 2.35. The van der Waals surface area contributed by atoms with E-state index in [1.807, 2.05) is 42.5 Å². The number of hydrogen-bond donors (Lipinski definition) is 0. The van der Waals surface area contributed by atoms with Crippen LogP contribution in [0.15, 0.2) is 71.7 Å². The summed E-state index contributed by atoms with van der Waals surface area (Å²) in [4.78, 5) is 4.85. The van der Waals surface area contributed by atoms with Crippen LogP contribution in [-0.2, 0) is 6.54 Å². The van der Waals surface area contributed by atoms with Crippen LogP contribution in [0, 0.1) is 0 Å². The van der Waals surface area contributed by atoms with Crippen molar-refractivity contribution in [2.45, 2.75) is 6.54 Å². The molecule has 0 N–H and O–H groups in total. The van der Waals surface area contributed by atoms with Gasteiger partial charge in [0.25, 0.3) is 0 Å². The zero-order valence-electron chi connectivity index (χ0n) is 12.3. The fourth-order valence-electron chi connectivity index (χ4n) is 3.00. The molecule has 0 aromatic heterocycles. The summed E-state index contributed by atoms with van der Waals surface area (Å²) in [7, 11) is 0. The Morgan fingerprint density at radius 2 is 1.43 bits per heavy atom. The molecule has 0 amide bonds. The smallest absolute Gasteiger partial charge is 0.0744 e. The van der Waals surface area contributed by atoms with E-state index < -0.39 is 0 Å². The predicted molar refractivity (Wildman–Crippen MR) is 97.7 cm³/mol. The highest BCUT2D eigenvalue weighted by molar-refractivity contribution is 6.36. The molecule has 0 aliphatic carbocycles. The molecule has 0 spiro atoms. The Morgan fingerprint density at radius 3 is 2.26 bits per heavy atom. The molecule has 1 nitrogen and oxygen atoms in total. The Bertz CT molecular complexity index is 928. The lowest BCUT2D eigenvalue weighted by atomic mass is 9.92. The van der Waals surface area contributed by atoms with Crippen molar-refractivity contribution in [3.8, 4) is 11.1 Å². The minimum absolute atomic E-state index is 0.628. The number of halogens is 2. The van der Waals surface area contributed by atoms with Crippen molar-refractivity contribution in [3.63, 3.8) is 0 Å². The second kappa shape index (κ2) is 5.84. The predicted octanol–water partition coefficient (Wildman–Crippen LogP) is 6.01. The summed E-state index contributed by atoms with van der Waals surface area (Å²) < 4.78 is 0. The maximum absolute atomic E-state index is 6.41. The number of hydrogen-bond acceptors (Lipinski definition) is 1. The van der Waals surface area contributed by atoms with E-state index in [0.717, 1.165) is 22.4 Å². The third-order valence-corrected chi connectivity index (χ3v) is 4.65. The van der Waals surface area contributed by atoms with Gasteiger partial charge in [-0.25, -0.2) is 0 Å². The molecule has 0 atom stereocenters. The number of rotatable bonds is 1. The van der Waals surface area contributed by atoms with E-state index in [4.69, 9.17) is 28.2 Å². The van der Waals surface area contributed by atoms with Crippen molar-refractivity contribution in [2.75, 3.05) is 0 Å². The van der Waals surface area contributed by atoms with Crippen LogP contribution in [0.4, 0.5) is 0 Å². The Balaban J connectivity index is 2.02. The van der Waals surface area contributed by atoms with Gasteiger partial charge in [0.1, 0.15) is 0 Å². The summed E-state index contributed by atoms with van der Waals surface area (Å²) in [6.45, 7) is 0.628. The highest BCUT2D eigenvalue weighted by atomic mass is 35.5. The van der Waals surface area contributed by atoms with Crippen LogP contribution >= 0.6 is 23.2 Å². The molecule has 0 saturated carbocycles. The van der Waals surface area contributed by atoms with Gasteiger partial charge in [0, 0.05) is 21.2 Å². The zero-order chi connectivity index (χ0) is 15.8. The van der Waals surface area contributed by atoms with Gasteiger partial charge in [-0.3, -0.25) is 4.99 Å². The average molecular weight is 338 g/mol. The molecule has 1 aliphatic rings. The molecule has 1 heterocycles. The van der Waals surface area contributed by atoms with Crippen molar-refractivity contribution >= 4 is 28.9 Å². The van der Waals surface area contributed by atoms with Crippen LogP contribution in [0.5, 0.6) is 0 Å². The summed E-state index contributed by atoms with van der Waals surface area (Å²) >= 11 is 12.7. The van der Waals surface area contributed by atoms with Crippen LogP contribution in [0.2, 0.25) is 10.0 Å². The first kappa shape index (κ1) is 14.5. The number of benzene rings is 3. The highest BCUT2D eigenvalue weighted by Gasteiger charge is 2.20. The second-order valence-electron chi connectivity index (χ2n) is 5.49. The largest absolute Gasteiger partial charge is 0.279 e. The number of fused-ring (bicyclic) bond motifs is 3. The van der Waals surface area contributed by atoms with Crippen molar-refractivity contribution < 1.29 is 0 Å². The maximum Gasteiger partial charge on any atom is 0.0744 e. The second-order valence-corrected chi connectivity index (χ2v) is 6.34. The summed E-state index contributed by atoms with van der Waals surface area (Å²) in [5.41, 5.74) is 6.40. The molecule has 23 heavy (non-hydrogen) atoms. The fraction of sp³-hybridized carbons (Fsp3) is 0.0500. The topological polar surface area (TPSA) is 12.4 Å². The minimum atomic E-state index is 0.628. The number of nitrogens with zero attached hydrogens (tertiary/aromatic N) is 1. The third kappa shape index (κ3) is 2.56. The van der Waals surface area contributed by atoms with Gasteiger partial charge in [-0.2, -0.15) is 0 Å². The quantitative estimate of drug-likeness (QED) is 0.515. The molecule has 1 aliphatic heterocycles. The minimum Gasteiger partial charge on any atom is -0.279 e. The maximum atomic E-state index is 6.41. The van der Waals surface area contributed by atoms with Crippen LogP contribution < -0.4 is 0 Å². The van der Waals surface area contributed by atoms with Gasteiger partial charge < -0.3 is 0 Å². The van der Waals surface area contributed by atoms with Gasteiger partial charge >= 0.3 is 0 Å². The molecule has 3 aromatic rings. The average Bonchev–Trinajstić information content (AvgIpc) is 2.72. The van der Waals surface area contributed by atoms with E-state index in [1.165, 1.54) is 11.1 Å². The summed E-state index contributed by atoms with van der Waals surface area (Å²) in [6, 6.07) is 22.1. The Morgan fingerprint density at radius 1 is 0.696 bits per heavy atom. The molecule has 112 valence electrons. The molecule has 0 bridgehead atoms. The Kier molecular flexibility index (Phi) is 3.68. The standard InChI is InChI=1S/C20H13Cl2N/c21-14-9-10-16-15-6-2-1-5-13(15)12-23-20(18(16)11-14)17-7-3-4-8-19(17)22/h1-11H,12H2. The molecule has 3 heteroatoms. The first-order valence-electron chi connectivity index (χ1n) is 7.41. The van der Waals surface area contributed by atoms with E-state index in [-0.39, 0.29) is 0 Å². The lowest BCUT2D eigenvalue weighted by molar-refractivity contribution is 1.08. The van der Waals surface area contributed by atoms with E-state index >= 15 is 0 Å². The summed E-state index contributed by atoms with van der Waals surface area (Å²) in [6.07, 6.45) is 0. The molecular weight excluding hydrogens is 325 g/mol. The lowest BCUT2D eigenvalue weighted by Gasteiger charge is -2.13. The van der Waals surface area contributed by atoms with Crippen LogP contribution in [0.1, 0.15) is 16.7 Å². The SMILES string of the molecule is Clc1ccc2c(c1)C(c1ccccc1Cl)=NCc1ccccc1-2. The van der Waals surface area contributed by atoms with Crippen LogP contribution in [0.3, 0.4) is 0 Å². The van der Waals surface area contributed by atoms with Crippen LogP contribution in [-0.4, -0.2) is 5.71 Å². The third-order valence-electron chi connectivity index (χ3n) is 4.08. The van der Waals surface area contributed by atoms with Crippen molar-refractivity contribution in [3.05, 3.63) is 93.5 Å². The van der Waals surface area contributed by atoms with Gasteiger partial charge in [0.15, 0.2) is 0 Å². The van der Waals surface area contributed by atoms with Gasteiger partial charge in [-0.15, -0.1) is 0 Å². The van der Waals surface area contributed by atoms with Gasteiger partial charge in [0.05, 0.1) is 12.3 Å². The molecule has 0 fully saturated rings. The molecule has 3 aromatic carbocycles. The molecular formula is C20H13Cl2N. The Hall–Kier alpha value is -2.09. The van der Waals surface area contributed by atoms with E-state index in [1.54, 1.807) is 0 Å². The van der Waals surface area contributed by atoms with Gasteiger partial charge in [-0.1, -0.05) is 71.7 Å². The lowest BCUT2D eigenvalue weighted by Crippen LogP contribution is -2.05. The summed E-state index contributed by atoms with van der Waals surface area (Å²) in [5, 5.41) is 1.39. The van der Waals surface area contributed by atoms with Crippen molar-refractivity contribution in [1.82, 2.24) is 0 Å². The van der Waals surface area contributed by atoms with Crippen molar-refractivity contribution in [2.24, 2.45) is 4.99 Å². The van der Waals surface area contributed by atoms with Crippen LogP contribution in [0.25, 0.3) is 11.1 Å². The van der Waals surface area contributed by atoms with E-state index in [9.17, 15) is 0 Å². The summed E-state index contributed by atoms with van der Waals surface area (Å²) in [5.74, 6) is 0. The first-order valence-corrected chi connectivity index (χ1v) is 8.17. The fourth-order valence-corrected chi connectivity index (χ4v) is 3.40. The van der Waals surface area contributed by atoms with Gasteiger partial charge in [0.2, 0.25) is 0 Å². The zero-order valence-corrected chi connectivity index (χ0v) is 13.8. The Labute approximate surface area is 145 Å². The number of aliphatic imine (C=N–C) groups is 1. The first-order chi connectivity index (χ1) is 11.2. The normalized spacial score (nSPS) is 12.9.